The van der Waals surface area contributed by atoms with E-state index in [4.69, 9.17) is 4.42 Å². The Kier molecular flexibility index (Phi) is 4.38. The highest BCUT2D eigenvalue weighted by Gasteiger charge is 2.14. The van der Waals surface area contributed by atoms with Crippen molar-refractivity contribution in [3.8, 4) is 0 Å². The number of oxazole rings is 1. The number of halogens is 1. The van der Waals surface area contributed by atoms with Gasteiger partial charge in [-0.05, 0) is 54.6 Å². The van der Waals surface area contributed by atoms with Crippen LogP contribution in [0.5, 0.6) is 0 Å². The maximum atomic E-state index is 13.0. The Labute approximate surface area is 153 Å². The van der Waals surface area contributed by atoms with Gasteiger partial charge in [0.05, 0.1) is 5.52 Å². The topological polar surface area (TPSA) is 65.1 Å². The van der Waals surface area contributed by atoms with Crippen molar-refractivity contribution in [2.45, 2.75) is 13.0 Å². The van der Waals surface area contributed by atoms with E-state index in [0.717, 1.165) is 5.69 Å². The Bertz CT molecular complexity index is 1160. The normalized spacial score (nSPS) is 11.0. The smallest absolute Gasteiger partial charge is 0.408 e. The van der Waals surface area contributed by atoms with Crippen LogP contribution in [0.1, 0.15) is 21.6 Å². The molecule has 134 valence electrons. The van der Waals surface area contributed by atoms with Crippen molar-refractivity contribution in [3.05, 3.63) is 100 Å². The maximum absolute atomic E-state index is 13.0. The predicted molar refractivity (Wildman–Crippen MR) is 98.2 cm³/mol. The van der Waals surface area contributed by atoms with Crippen LogP contribution in [0.4, 0.5) is 4.39 Å². The molecule has 2 aromatic heterocycles. The summed E-state index contributed by atoms with van der Waals surface area (Å²) in [5.41, 5.74) is 2.58. The van der Waals surface area contributed by atoms with Crippen LogP contribution in [0.25, 0.3) is 11.1 Å². The highest BCUT2D eigenvalue weighted by Crippen LogP contribution is 2.18. The third-order valence-corrected chi connectivity index (χ3v) is 4.35. The molecule has 4 rings (SSSR count). The quantitative estimate of drug-likeness (QED) is 0.509. The number of hydrogen-bond acceptors (Lipinski definition) is 4. The molecule has 2 aromatic carbocycles. The molecule has 2 heterocycles. The van der Waals surface area contributed by atoms with E-state index in [1.807, 2.05) is 18.2 Å². The second kappa shape index (κ2) is 6.99. The van der Waals surface area contributed by atoms with Crippen molar-refractivity contribution in [1.29, 1.82) is 0 Å². The number of benzene rings is 2. The lowest BCUT2D eigenvalue weighted by Crippen LogP contribution is -2.15. The van der Waals surface area contributed by atoms with Crippen molar-refractivity contribution in [3.63, 3.8) is 0 Å². The van der Waals surface area contributed by atoms with E-state index in [9.17, 15) is 14.0 Å². The summed E-state index contributed by atoms with van der Waals surface area (Å²) in [5, 5.41) is 0. The Morgan fingerprint density at radius 1 is 1.04 bits per heavy atom. The van der Waals surface area contributed by atoms with Gasteiger partial charge in [-0.15, -0.1) is 0 Å². The highest BCUT2D eigenvalue weighted by molar-refractivity contribution is 6.10. The van der Waals surface area contributed by atoms with Crippen molar-refractivity contribution in [1.82, 2.24) is 9.55 Å². The fourth-order valence-electron chi connectivity index (χ4n) is 2.96. The molecule has 0 amide bonds. The lowest BCUT2D eigenvalue weighted by molar-refractivity contribution is 0.103. The molecule has 0 fully saturated rings. The number of aromatic nitrogens is 2. The summed E-state index contributed by atoms with van der Waals surface area (Å²) in [7, 11) is 0. The number of ketones is 1. The number of fused-ring (bicyclic) bond motifs is 1. The molecule has 0 aliphatic rings. The lowest BCUT2D eigenvalue weighted by Gasteiger charge is -2.04. The SMILES string of the molecule is O=C(c1ccc(F)cc1)c1ccc2c(c1)oc(=O)n2CCc1ccccn1. The van der Waals surface area contributed by atoms with E-state index >= 15 is 0 Å². The van der Waals surface area contributed by atoms with Crippen LogP contribution < -0.4 is 5.76 Å². The van der Waals surface area contributed by atoms with Gasteiger partial charge in [0.15, 0.2) is 11.4 Å². The van der Waals surface area contributed by atoms with Crippen molar-refractivity contribution in [2.75, 3.05) is 0 Å². The zero-order chi connectivity index (χ0) is 18.8. The molecule has 5 nitrogen and oxygen atoms in total. The Hall–Kier alpha value is -3.54. The molecule has 0 unspecified atom stereocenters. The van der Waals surface area contributed by atoms with Gasteiger partial charge in [0.2, 0.25) is 0 Å². The molecule has 0 bridgehead atoms. The zero-order valence-corrected chi connectivity index (χ0v) is 14.3. The van der Waals surface area contributed by atoms with Gasteiger partial charge < -0.3 is 4.42 Å². The van der Waals surface area contributed by atoms with E-state index < -0.39 is 11.6 Å². The number of carbonyl (C=O) groups is 1. The molecule has 0 aliphatic carbocycles. The van der Waals surface area contributed by atoms with Crippen LogP contribution in [-0.2, 0) is 13.0 Å². The van der Waals surface area contributed by atoms with E-state index in [1.54, 1.807) is 24.4 Å². The molecule has 0 radical (unpaired) electrons. The average Bonchev–Trinajstić information content (AvgIpc) is 3.01. The largest absolute Gasteiger partial charge is 0.419 e. The molecule has 0 atom stereocenters. The van der Waals surface area contributed by atoms with Gasteiger partial charge >= 0.3 is 5.76 Å². The van der Waals surface area contributed by atoms with Gasteiger partial charge in [-0.3, -0.25) is 14.3 Å². The van der Waals surface area contributed by atoms with E-state index in [2.05, 4.69) is 4.98 Å². The Balaban J connectivity index is 1.63. The number of pyridine rings is 1. The molecule has 0 saturated heterocycles. The summed E-state index contributed by atoms with van der Waals surface area (Å²) in [6, 6.07) is 15.8. The minimum absolute atomic E-state index is 0.263. The fourth-order valence-corrected chi connectivity index (χ4v) is 2.96. The van der Waals surface area contributed by atoms with Crippen LogP contribution in [-0.4, -0.2) is 15.3 Å². The number of rotatable bonds is 5. The first-order valence-corrected chi connectivity index (χ1v) is 8.45. The average molecular weight is 362 g/mol. The maximum Gasteiger partial charge on any atom is 0.419 e. The van der Waals surface area contributed by atoms with Gasteiger partial charge in [0.25, 0.3) is 0 Å². The van der Waals surface area contributed by atoms with Gasteiger partial charge in [-0.1, -0.05) is 6.07 Å². The molecular weight excluding hydrogens is 347 g/mol. The molecule has 4 aromatic rings. The van der Waals surface area contributed by atoms with Gasteiger partial charge in [0, 0.05) is 36.0 Å². The van der Waals surface area contributed by atoms with Crippen molar-refractivity contribution >= 4 is 16.9 Å². The van der Waals surface area contributed by atoms with Crippen LogP contribution in [0.15, 0.2) is 76.1 Å². The van der Waals surface area contributed by atoms with E-state index in [-0.39, 0.29) is 5.78 Å². The second-order valence-corrected chi connectivity index (χ2v) is 6.11. The summed E-state index contributed by atoms with van der Waals surface area (Å²) in [6.45, 7) is 0.425. The molecule has 0 N–H and O–H groups in total. The molecule has 0 aliphatic heterocycles. The fraction of sp³-hybridized carbons (Fsp3) is 0.0952. The second-order valence-electron chi connectivity index (χ2n) is 6.11. The number of nitrogens with zero attached hydrogens (tertiary/aromatic N) is 2. The first-order valence-electron chi connectivity index (χ1n) is 8.45. The summed E-state index contributed by atoms with van der Waals surface area (Å²) in [4.78, 5) is 29.0. The third kappa shape index (κ3) is 3.42. The summed E-state index contributed by atoms with van der Waals surface area (Å²) in [5.74, 6) is -1.15. The van der Waals surface area contributed by atoms with E-state index in [1.165, 1.54) is 28.8 Å². The van der Waals surface area contributed by atoms with Gasteiger partial charge in [-0.25, -0.2) is 9.18 Å². The summed E-state index contributed by atoms with van der Waals surface area (Å²) in [6.07, 6.45) is 2.30. The predicted octanol–water partition coefficient (Wildman–Crippen LogP) is 3.60. The first kappa shape index (κ1) is 16.9. The molecule has 0 saturated carbocycles. The van der Waals surface area contributed by atoms with Crippen LogP contribution >= 0.6 is 0 Å². The molecule has 27 heavy (non-hydrogen) atoms. The monoisotopic (exact) mass is 362 g/mol. The zero-order valence-electron chi connectivity index (χ0n) is 14.3. The standard InChI is InChI=1S/C21H15FN2O3/c22-16-7-4-14(5-8-16)20(25)15-6-9-18-19(13-15)27-21(26)24(18)12-10-17-3-1-2-11-23-17/h1-9,11,13H,10,12H2. The minimum Gasteiger partial charge on any atom is -0.408 e. The van der Waals surface area contributed by atoms with Crippen LogP contribution in [0.2, 0.25) is 0 Å². The Morgan fingerprint density at radius 3 is 2.56 bits per heavy atom. The van der Waals surface area contributed by atoms with Gasteiger partial charge in [0.1, 0.15) is 5.82 Å². The van der Waals surface area contributed by atoms with Crippen molar-refractivity contribution < 1.29 is 13.6 Å². The number of carbonyl (C=O) groups excluding carboxylic acids is 1. The van der Waals surface area contributed by atoms with E-state index in [0.29, 0.717) is 35.2 Å². The first-order chi connectivity index (χ1) is 13.1. The lowest BCUT2D eigenvalue weighted by atomic mass is 10.0. The Morgan fingerprint density at radius 2 is 1.81 bits per heavy atom. The molecular formula is C21H15FN2O3. The molecule has 6 heteroatoms. The minimum atomic E-state index is -0.479. The van der Waals surface area contributed by atoms with Crippen LogP contribution in [0, 0.1) is 5.82 Å². The number of aryl methyl sites for hydroxylation is 2. The summed E-state index contributed by atoms with van der Waals surface area (Å²) >= 11 is 0. The highest BCUT2D eigenvalue weighted by atomic mass is 19.1. The van der Waals surface area contributed by atoms with Crippen LogP contribution in [0.3, 0.4) is 0 Å². The van der Waals surface area contributed by atoms with Crippen molar-refractivity contribution in [2.24, 2.45) is 0 Å². The third-order valence-electron chi connectivity index (χ3n) is 4.35. The number of hydrogen-bond donors (Lipinski definition) is 0. The molecule has 0 spiro atoms. The van der Waals surface area contributed by atoms with Gasteiger partial charge in [-0.2, -0.15) is 0 Å². The summed E-state index contributed by atoms with van der Waals surface area (Å²) < 4.78 is 19.9.